The molecule has 1 aliphatic heterocycles. The number of thiocarbonyl (C=S) groups is 2. The van der Waals surface area contributed by atoms with Crippen molar-refractivity contribution in [2.24, 2.45) is 0 Å². The summed E-state index contributed by atoms with van der Waals surface area (Å²) in [6, 6.07) is 16.1. The highest BCUT2D eigenvalue weighted by atomic mass is 35.5. The molecule has 1 heterocycles. The summed E-state index contributed by atoms with van der Waals surface area (Å²) < 4.78 is 5.54. The standard InChI is InChI=1S/C18H17ClN4O2S2/c19-13-6-8-15(9-7-13)21-17(26)25-12-22-10-11-23(18(22)27)16(24)20-14-4-2-1-3-5-14/h1-9H,10-12H2,(H,20,24)(H,21,26). The van der Waals surface area contributed by atoms with Crippen molar-refractivity contribution in [3.63, 3.8) is 0 Å². The van der Waals surface area contributed by atoms with Crippen molar-refractivity contribution in [1.29, 1.82) is 0 Å². The third-order valence-corrected chi connectivity index (χ3v) is 4.76. The fraction of sp³-hybridized carbons (Fsp3) is 0.167. The zero-order valence-corrected chi connectivity index (χ0v) is 16.6. The molecule has 1 fully saturated rings. The second kappa shape index (κ2) is 8.98. The van der Waals surface area contributed by atoms with E-state index in [0.717, 1.165) is 5.69 Å². The number of rotatable bonds is 4. The van der Waals surface area contributed by atoms with Crippen LogP contribution in [0, 0.1) is 0 Å². The van der Waals surface area contributed by atoms with Gasteiger partial charge in [-0.3, -0.25) is 4.90 Å². The molecule has 0 atom stereocenters. The summed E-state index contributed by atoms with van der Waals surface area (Å²) in [7, 11) is 0. The Bertz CT molecular complexity index is 833. The average molecular weight is 421 g/mol. The van der Waals surface area contributed by atoms with Gasteiger partial charge in [-0.25, -0.2) is 4.79 Å². The fourth-order valence-electron chi connectivity index (χ4n) is 2.43. The molecule has 6 nitrogen and oxygen atoms in total. The number of nitrogens with zero attached hydrogens (tertiary/aromatic N) is 2. The van der Waals surface area contributed by atoms with Crippen LogP contribution in [0.2, 0.25) is 5.02 Å². The molecule has 27 heavy (non-hydrogen) atoms. The highest BCUT2D eigenvalue weighted by Gasteiger charge is 2.30. The maximum absolute atomic E-state index is 12.4. The van der Waals surface area contributed by atoms with Crippen molar-refractivity contribution < 1.29 is 9.53 Å². The third-order valence-electron chi connectivity index (χ3n) is 3.81. The summed E-state index contributed by atoms with van der Waals surface area (Å²) in [4.78, 5) is 15.7. The second-order valence-corrected chi connectivity index (χ2v) is 6.86. The van der Waals surface area contributed by atoms with Crippen molar-refractivity contribution in [2.45, 2.75) is 0 Å². The summed E-state index contributed by atoms with van der Waals surface area (Å²) in [6.07, 6.45) is 0. The molecule has 0 spiro atoms. The van der Waals surface area contributed by atoms with E-state index in [2.05, 4.69) is 10.6 Å². The van der Waals surface area contributed by atoms with Crippen LogP contribution < -0.4 is 10.6 Å². The van der Waals surface area contributed by atoms with Crippen LogP contribution in [0.15, 0.2) is 54.6 Å². The van der Waals surface area contributed by atoms with Gasteiger partial charge < -0.3 is 20.3 Å². The summed E-state index contributed by atoms with van der Waals surface area (Å²) in [5.74, 6) is 0. The van der Waals surface area contributed by atoms with Crippen LogP contribution in [0.25, 0.3) is 0 Å². The average Bonchev–Trinajstić information content (AvgIpc) is 3.03. The quantitative estimate of drug-likeness (QED) is 0.725. The van der Waals surface area contributed by atoms with Crippen LogP contribution in [-0.4, -0.2) is 45.9 Å². The number of nitrogens with one attached hydrogen (secondary N) is 2. The molecule has 2 amide bonds. The van der Waals surface area contributed by atoms with Crippen molar-refractivity contribution in [3.05, 3.63) is 59.6 Å². The van der Waals surface area contributed by atoms with Gasteiger partial charge in [-0.05, 0) is 60.8 Å². The number of carbonyl (C=O) groups is 1. The van der Waals surface area contributed by atoms with Gasteiger partial charge in [0.25, 0.3) is 5.17 Å². The molecule has 2 N–H and O–H groups in total. The Kier molecular flexibility index (Phi) is 6.44. The number of carbonyl (C=O) groups excluding carboxylic acids is 1. The molecule has 140 valence electrons. The van der Waals surface area contributed by atoms with Crippen LogP contribution >= 0.6 is 36.0 Å². The Morgan fingerprint density at radius 3 is 2.41 bits per heavy atom. The number of hydrogen-bond acceptors (Lipinski definition) is 4. The molecule has 9 heteroatoms. The van der Waals surface area contributed by atoms with Gasteiger partial charge in [0.1, 0.15) is 0 Å². The SMILES string of the molecule is O=C(Nc1ccccc1)N1CCN(COC(=S)Nc2ccc(Cl)cc2)C1=S. The first-order valence-electron chi connectivity index (χ1n) is 8.15. The minimum Gasteiger partial charge on any atom is -0.449 e. The predicted octanol–water partition coefficient (Wildman–Crippen LogP) is 4.15. The number of anilines is 2. The van der Waals surface area contributed by atoms with Gasteiger partial charge in [0, 0.05) is 29.5 Å². The van der Waals surface area contributed by atoms with Crippen molar-refractivity contribution in [3.8, 4) is 0 Å². The van der Waals surface area contributed by atoms with E-state index < -0.39 is 0 Å². The zero-order valence-electron chi connectivity index (χ0n) is 14.2. The molecule has 3 rings (SSSR count). The van der Waals surface area contributed by atoms with E-state index in [0.29, 0.717) is 28.9 Å². The lowest BCUT2D eigenvalue weighted by molar-refractivity contribution is 0.198. The Hall–Kier alpha value is -2.42. The maximum Gasteiger partial charge on any atom is 0.328 e. The highest BCUT2D eigenvalue weighted by molar-refractivity contribution is 7.80. The zero-order chi connectivity index (χ0) is 19.2. The van der Waals surface area contributed by atoms with Gasteiger partial charge in [0.05, 0.1) is 0 Å². The van der Waals surface area contributed by atoms with E-state index in [1.807, 2.05) is 30.3 Å². The van der Waals surface area contributed by atoms with E-state index in [1.54, 1.807) is 29.2 Å². The molecule has 0 aromatic heterocycles. The number of urea groups is 1. The molecule has 0 unspecified atom stereocenters. The first-order chi connectivity index (χ1) is 13.0. The Morgan fingerprint density at radius 2 is 1.70 bits per heavy atom. The normalized spacial score (nSPS) is 13.4. The lowest BCUT2D eigenvalue weighted by Gasteiger charge is -2.21. The van der Waals surface area contributed by atoms with Crippen molar-refractivity contribution >= 4 is 63.7 Å². The lowest BCUT2D eigenvalue weighted by Crippen LogP contribution is -2.39. The van der Waals surface area contributed by atoms with Crippen LogP contribution in [0.1, 0.15) is 0 Å². The number of ether oxygens (including phenoxy) is 1. The van der Waals surface area contributed by atoms with Crippen LogP contribution in [0.3, 0.4) is 0 Å². The predicted molar refractivity (Wildman–Crippen MR) is 115 cm³/mol. The molecule has 0 bridgehead atoms. The Balaban J connectivity index is 1.47. The minimum atomic E-state index is -0.268. The summed E-state index contributed by atoms with van der Waals surface area (Å²) in [6.45, 7) is 1.22. The monoisotopic (exact) mass is 420 g/mol. The van der Waals surface area contributed by atoms with Crippen molar-refractivity contribution in [1.82, 2.24) is 9.80 Å². The van der Waals surface area contributed by atoms with Crippen LogP contribution in [-0.2, 0) is 4.74 Å². The number of para-hydroxylation sites is 1. The Morgan fingerprint density at radius 1 is 1.04 bits per heavy atom. The second-order valence-electron chi connectivity index (χ2n) is 5.69. The maximum atomic E-state index is 12.4. The molecule has 2 aromatic rings. The van der Waals surface area contributed by atoms with Gasteiger partial charge in [-0.2, -0.15) is 0 Å². The summed E-state index contributed by atoms with van der Waals surface area (Å²) in [5, 5.41) is 7.04. The molecule has 2 aromatic carbocycles. The summed E-state index contributed by atoms with van der Waals surface area (Å²) in [5.41, 5.74) is 1.49. The minimum absolute atomic E-state index is 0.160. The highest BCUT2D eigenvalue weighted by Crippen LogP contribution is 2.15. The third kappa shape index (κ3) is 5.29. The van der Waals surface area contributed by atoms with E-state index in [-0.39, 0.29) is 17.9 Å². The molecular formula is C18H17ClN4O2S2. The lowest BCUT2D eigenvalue weighted by atomic mass is 10.3. The number of amides is 2. The van der Waals surface area contributed by atoms with E-state index in [4.69, 9.17) is 40.8 Å². The topological polar surface area (TPSA) is 56.8 Å². The largest absolute Gasteiger partial charge is 0.449 e. The van der Waals surface area contributed by atoms with Gasteiger partial charge in [-0.1, -0.05) is 29.8 Å². The summed E-state index contributed by atoms with van der Waals surface area (Å²) >= 11 is 16.4. The Labute approximate surface area is 173 Å². The molecule has 0 saturated carbocycles. The van der Waals surface area contributed by atoms with E-state index >= 15 is 0 Å². The van der Waals surface area contributed by atoms with Gasteiger partial charge in [0.15, 0.2) is 11.8 Å². The molecule has 1 aliphatic rings. The van der Waals surface area contributed by atoms with E-state index in [9.17, 15) is 4.79 Å². The molecule has 0 radical (unpaired) electrons. The van der Waals surface area contributed by atoms with Crippen molar-refractivity contribution in [2.75, 3.05) is 30.5 Å². The molecular weight excluding hydrogens is 404 g/mol. The van der Waals surface area contributed by atoms with Gasteiger partial charge >= 0.3 is 6.03 Å². The number of halogens is 1. The molecule has 0 aliphatic carbocycles. The molecule has 1 saturated heterocycles. The smallest absolute Gasteiger partial charge is 0.328 e. The fourth-order valence-corrected chi connectivity index (χ4v) is 3.04. The van der Waals surface area contributed by atoms with Crippen LogP contribution in [0.5, 0.6) is 0 Å². The number of benzene rings is 2. The van der Waals surface area contributed by atoms with Gasteiger partial charge in [-0.15, -0.1) is 0 Å². The number of hydrogen-bond donors (Lipinski definition) is 2. The van der Waals surface area contributed by atoms with Gasteiger partial charge in [0.2, 0.25) is 0 Å². The first-order valence-corrected chi connectivity index (χ1v) is 9.34. The van der Waals surface area contributed by atoms with E-state index in [1.165, 1.54) is 4.90 Å². The van der Waals surface area contributed by atoms with Crippen LogP contribution in [0.4, 0.5) is 16.2 Å². The first kappa shape index (κ1) is 19.3.